The Morgan fingerprint density at radius 1 is 1.53 bits per heavy atom. The Morgan fingerprint density at radius 2 is 2.20 bits per heavy atom. The summed E-state index contributed by atoms with van der Waals surface area (Å²) in [6, 6.07) is 0. The molecule has 1 aliphatic carbocycles. The van der Waals surface area contributed by atoms with Crippen molar-refractivity contribution in [2.75, 3.05) is 6.54 Å². The first-order valence-electron chi connectivity index (χ1n) is 5.19. The molecule has 2 atom stereocenters. The van der Waals surface area contributed by atoms with Crippen molar-refractivity contribution in [1.29, 1.82) is 0 Å². The monoisotopic (exact) mass is 235 g/mol. The molecule has 1 heterocycles. The van der Waals surface area contributed by atoms with Gasteiger partial charge >= 0.3 is 6.41 Å². The van der Waals surface area contributed by atoms with E-state index in [2.05, 4.69) is 15.3 Å². The summed E-state index contributed by atoms with van der Waals surface area (Å²) in [6.07, 6.45) is 3.98. The van der Waals surface area contributed by atoms with Crippen molar-refractivity contribution in [1.82, 2.24) is 5.32 Å². The van der Waals surface area contributed by atoms with Gasteiger partial charge in [0, 0.05) is 12.5 Å². The van der Waals surface area contributed by atoms with E-state index in [4.69, 9.17) is 10.8 Å². The molecule has 6 heteroatoms. The summed E-state index contributed by atoms with van der Waals surface area (Å²) in [5.74, 6) is 1.53. The second kappa shape index (κ2) is 5.53. The van der Waals surface area contributed by atoms with Crippen LogP contribution in [0, 0.1) is 11.8 Å². The van der Waals surface area contributed by atoms with Crippen LogP contribution in [0.3, 0.4) is 0 Å². The number of amidine groups is 1. The highest BCUT2D eigenvalue weighted by atomic mass is 35.5. The number of rotatable bonds is 3. The first-order chi connectivity index (χ1) is 6.81. The zero-order valence-corrected chi connectivity index (χ0v) is 9.37. The Balaban J connectivity index is 0.00000112. The number of aliphatic hydroxyl groups is 1. The normalized spacial score (nSPS) is 27.6. The van der Waals surface area contributed by atoms with Crippen molar-refractivity contribution >= 4 is 18.2 Å². The predicted octanol–water partition coefficient (Wildman–Crippen LogP) is 0.382. The minimum atomic E-state index is -0.986. The van der Waals surface area contributed by atoms with Crippen LogP contribution in [0.5, 0.6) is 0 Å². The van der Waals surface area contributed by atoms with Crippen LogP contribution in [0.1, 0.15) is 25.7 Å². The second-order valence-corrected chi connectivity index (χ2v) is 3.97. The van der Waals surface area contributed by atoms with E-state index in [1.807, 2.05) is 0 Å². The number of aliphatic hydroxyl groups excluding tert-OH is 1. The fourth-order valence-corrected chi connectivity index (χ4v) is 2.35. The summed E-state index contributed by atoms with van der Waals surface area (Å²) in [5.41, 5.74) is 5.72. The molecule has 88 valence electrons. The van der Waals surface area contributed by atoms with Crippen LogP contribution in [-0.2, 0) is 4.84 Å². The second-order valence-electron chi connectivity index (χ2n) is 3.97. The Labute approximate surface area is 95.4 Å². The molecule has 0 aromatic carbocycles. The summed E-state index contributed by atoms with van der Waals surface area (Å²) in [7, 11) is 0. The van der Waals surface area contributed by atoms with Crippen LogP contribution < -0.4 is 11.1 Å². The molecule has 0 saturated heterocycles. The topological polar surface area (TPSA) is 79.9 Å². The molecule has 0 amide bonds. The molecule has 2 aliphatic rings. The summed E-state index contributed by atoms with van der Waals surface area (Å²) >= 11 is 0. The fraction of sp³-hybridized carbons (Fsp3) is 0.889. The Kier molecular flexibility index (Phi) is 4.63. The van der Waals surface area contributed by atoms with Gasteiger partial charge in [-0.1, -0.05) is 18.0 Å². The molecule has 1 saturated carbocycles. The highest BCUT2D eigenvalue weighted by Crippen LogP contribution is 2.31. The zero-order valence-electron chi connectivity index (χ0n) is 8.56. The predicted molar refractivity (Wildman–Crippen MR) is 59.4 cm³/mol. The highest BCUT2D eigenvalue weighted by Gasteiger charge is 2.31. The van der Waals surface area contributed by atoms with Gasteiger partial charge in [0.25, 0.3) is 0 Å². The quantitative estimate of drug-likeness (QED) is 0.661. The van der Waals surface area contributed by atoms with Crippen LogP contribution in [0.25, 0.3) is 0 Å². The van der Waals surface area contributed by atoms with Gasteiger partial charge in [-0.3, -0.25) is 0 Å². The minimum Gasteiger partial charge on any atom is -0.340 e. The summed E-state index contributed by atoms with van der Waals surface area (Å²) in [4.78, 5) is 4.68. The van der Waals surface area contributed by atoms with Gasteiger partial charge in [-0.05, 0) is 18.8 Å². The van der Waals surface area contributed by atoms with Crippen molar-refractivity contribution in [3.8, 4) is 0 Å². The molecule has 5 nitrogen and oxygen atoms in total. The number of nitrogens with two attached hydrogens (primary N) is 1. The molecular weight excluding hydrogens is 218 g/mol. The number of halogens is 1. The molecule has 2 unspecified atom stereocenters. The van der Waals surface area contributed by atoms with Crippen LogP contribution >= 0.6 is 12.4 Å². The third-order valence-electron chi connectivity index (χ3n) is 3.10. The van der Waals surface area contributed by atoms with Gasteiger partial charge in [0.2, 0.25) is 0 Å². The van der Waals surface area contributed by atoms with Crippen molar-refractivity contribution in [2.45, 2.75) is 32.1 Å². The van der Waals surface area contributed by atoms with E-state index in [-0.39, 0.29) is 18.3 Å². The number of hydrogen-bond acceptors (Lipinski definition) is 5. The maximum atomic E-state index is 9.10. The summed E-state index contributed by atoms with van der Waals surface area (Å²) < 4.78 is 0. The van der Waals surface area contributed by atoms with E-state index in [1.165, 1.54) is 25.7 Å². The van der Waals surface area contributed by atoms with E-state index in [0.29, 0.717) is 18.3 Å². The average Bonchev–Trinajstić information content (AvgIpc) is 2.79. The van der Waals surface area contributed by atoms with E-state index < -0.39 is 6.41 Å². The lowest BCUT2D eigenvalue weighted by atomic mass is 9.90. The number of nitrogens with one attached hydrogen (secondary N) is 1. The molecule has 0 aromatic rings. The Bertz CT molecular complexity index is 231. The Morgan fingerprint density at radius 3 is 2.67 bits per heavy atom. The van der Waals surface area contributed by atoms with E-state index in [0.717, 1.165) is 0 Å². The van der Waals surface area contributed by atoms with Gasteiger partial charge < -0.3 is 21.0 Å². The van der Waals surface area contributed by atoms with E-state index in [1.54, 1.807) is 0 Å². The molecule has 0 aromatic heterocycles. The summed E-state index contributed by atoms with van der Waals surface area (Å²) in [6.45, 7) is 0.562. The largest absolute Gasteiger partial charge is 0.340 e. The van der Waals surface area contributed by atoms with E-state index in [9.17, 15) is 0 Å². The van der Waals surface area contributed by atoms with Crippen molar-refractivity contribution in [2.24, 2.45) is 22.7 Å². The van der Waals surface area contributed by atoms with Gasteiger partial charge in [0.1, 0.15) is 0 Å². The summed E-state index contributed by atoms with van der Waals surface area (Å²) in [5, 5.41) is 15.7. The lowest BCUT2D eigenvalue weighted by Crippen LogP contribution is -2.39. The van der Waals surface area contributed by atoms with Crippen LogP contribution in [0.15, 0.2) is 5.16 Å². The average molecular weight is 236 g/mol. The number of oxime groups is 1. The van der Waals surface area contributed by atoms with Gasteiger partial charge in [-0.15, -0.1) is 12.4 Å². The Hall–Kier alpha value is -0.520. The van der Waals surface area contributed by atoms with E-state index >= 15 is 0 Å². The third kappa shape index (κ3) is 2.74. The molecule has 0 bridgehead atoms. The van der Waals surface area contributed by atoms with Crippen molar-refractivity contribution in [3.63, 3.8) is 0 Å². The number of hydrogen-bond donors (Lipinski definition) is 3. The molecule has 4 N–H and O–H groups in total. The van der Waals surface area contributed by atoms with Crippen molar-refractivity contribution < 1.29 is 9.94 Å². The van der Waals surface area contributed by atoms with Crippen LogP contribution in [0.2, 0.25) is 0 Å². The molecular formula is C9H18ClN3O2. The minimum absolute atomic E-state index is 0. The van der Waals surface area contributed by atoms with Crippen LogP contribution in [0.4, 0.5) is 0 Å². The lowest BCUT2D eigenvalue weighted by molar-refractivity contribution is -0.0896. The molecule has 0 spiro atoms. The van der Waals surface area contributed by atoms with Gasteiger partial charge in [0.05, 0.1) is 0 Å². The van der Waals surface area contributed by atoms with Crippen molar-refractivity contribution in [3.05, 3.63) is 0 Å². The van der Waals surface area contributed by atoms with Gasteiger partial charge in [0.15, 0.2) is 5.84 Å². The third-order valence-corrected chi connectivity index (χ3v) is 3.10. The first-order valence-corrected chi connectivity index (χ1v) is 5.19. The molecule has 2 rings (SSSR count). The van der Waals surface area contributed by atoms with Gasteiger partial charge in [-0.25, -0.2) is 0 Å². The molecule has 0 radical (unpaired) electrons. The van der Waals surface area contributed by atoms with Crippen LogP contribution in [-0.4, -0.2) is 23.9 Å². The maximum absolute atomic E-state index is 9.10. The molecule has 1 fully saturated rings. The maximum Gasteiger partial charge on any atom is 0.304 e. The lowest BCUT2D eigenvalue weighted by Gasteiger charge is -2.20. The highest BCUT2D eigenvalue weighted by molar-refractivity contribution is 5.85. The number of nitrogens with zero attached hydrogens (tertiary/aromatic N) is 1. The fourth-order valence-electron chi connectivity index (χ4n) is 2.35. The zero-order chi connectivity index (χ0) is 9.97. The smallest absolute Gasteiger partial charge is 0.304 e. The van der Waals surface area contributed by atoms with Gasteiger partial charge in [-0.2, -0.15) is 0 Å². The molecule has 1 aliphatic heterocycles. The standard InChI is InChI=1S/C9H17N3O2.ClH/c10-5-7(6-3-1-2-4-6)8-11-9(13)14-12-8;/h6-7,9,13H,1-5,10H2,(H,11,12);1H. The molecule has 15 heavy (non-hydrogen) atoms. The first kappa shape index (κ1) is 12.5. The SMILES string of the molecule is Cl.NCC(C1=NOC(O)N1)C1CCCC1.